The van der Waals surface area contributed by atoms with Gasteiger partial charge in [-0.2, -0.15) is 0 Å². The van der Waals surface area contributed by atoms with Crippen LogP contribution in [0, 0.1) is 11.3 Å². The van der Waals surface area contributed by atoms with Crippen molar-refractivity contribution in [2.24, 2.45) is 5.92 Å². The summed E-state index contributed by atoms with van der Waals surface area (Å²) in [4.78, 5) is 27.1. The summed E-state index contributed by atoms with van der Waals surface area (Å²) in [5.74, 6) is -2.23. The van der Waals surface area contributed by atoms with Gasteiger partial charge in [0.1, 0.15) is 0 Å². The molecule has 3 N–H and O–H groups in total. The number of carbonyl (C=O) groups excluding carboxylic acids is 2. The van der Waals surface area contributed by atoms with E-state index in [1.807, 2.05) is 43.3 Å². The first-order valence-electron chi connectivity index (χ1n) is 8.32. The maximum Gasteiger partial charge on any atom is 0.242 e. The molecule has 6 heteroatoms. The predicted molar refractivity (Wildman–Crippen MR) is 104 cm³/mol. The molecule has 0 fully saturated rings. The summed E-state index contributed by atoms with van der Waals surface area (Å²) >= 11 is 0. The Morgan fingerprint density at radius 3 is 2.12 bits per heavy atom. The molecule has 2 amide bonds. The van der Waals surface area contributed by atoms with Crippen molar-refractivity contribution in [3.63, 3.8) is 0 Å². The average molecular weight is 352 g/mol. The second-order valence-electron chi connectivity index (χ2n) is 6.40. The third-order valence-electron chi connectivity index (χ3n) is 3.69. The molecule has 0 heterocycles. The molecule has 2 rings (SSSR count). The van der Waals surface area contributed by atoms with Crippen molar-refractivity contribution in [1.82, 2.24) is 4.90 Å². The van der Waals surface area contributed by atoms with E-state index < -0.39 is 17.7 Å². The van der Waals surface area contributed by atoms with Crippen LogP contribution in [0.5, 0.6) is 0 Å². The zero-order chi connectivity index (χ0) is 19.1. The highest BCUT2D eigenvalue weighted by molar-refractivity contribution is 6.24. The molecule has 1 atom stereocenters. The number of nitrogens with one attached hydrogen (secondary N) is 3. The van der Waals surface area contributed by atoms with E-state index in [1.54, 1.807) is 30.3 Å². The summed E-state index contributed by atoms with van der Waals surface area (Å²) in [7, 11) is 3.93. The molecule has 1 unspecified atom stereocenters. The fourth-order valence-electron chi connectivity index (χ4n) is 2.58. The van der Waals surface area contributed by atoms with E-state index in [0.29, 0.717) is 11.4 Å². The van der Waals surface area contributed by atoms with Crippen molar-refractivity contribution in [2.75, 3.05) is 24.7 Å². The van der Waals surface area contributed by atoms with Gasteiger partial charge < -0.3 is 20.9 Å². The zero-order valence-electron chi connectivity index (χ0n) is 15.2. The minimum Gasteiger partial charge on any atom is -0.325 e. The van der Waals surface area contributed by atoms with Crippen LogP contribution in [0.3, 0.4) is 0 Å². The number of amides is 2. The van der Waals surface area contributed by atoms with E-state index in [2.05, 4.69) is 10.6 Å². The van der Waals surface area contributed by atoms with Crippen molar-refractivity contribution in [3.8, 4) is 0 Å². The Morgan fingerprint density at radius 1 is 0.962 bits per heavy atom. The molecule has 136 valence electrons. The molecule has 0 saturated carbocycles. The molecular weight excluding hydrogens is 328 g/mol. The summed E-state index contributed by atoms with van der Waals surface area (Å²) in [5.41, 5.74) is 2.22. The van der Waals surface area contributed by atoms with Gasteiger partial charge in [0.15, 0.2) is 5.92 Å². The number of anilines is 2. The second-order valence-corrected chi connectivity index (χ2v) is 6.40. The minimum atomic E-state index is -1.19. The first-order chi connectivity index (χ1) is 12.4. The molecule has 2 aromatic carbocycles. The molecule has 0 aliphatic carbocycles. The Hall–Kier alpha value is -2.99. The van der Waals surface area contributed by atoms with Gasteiger partial charge in [0.2, 0.25) is 11.8 Å². The van der Waals surface area contributed by atoms with Crippen molar-refractivity contribution in [2.45, 2.75) is 13.5 Å². The standard InChI is InChI=1S/C20H24N4O2/c1-14(21)18(19(25)22-16-9-5-4-6-10-16)20(26)23-17-11-7-8-15(12-17)13-24(2)3/h4-12,18,21H,13H2,1-3H3,(H,22,25)(H,23,26). The fourth-order valence-corrected chi connectivity index (χ4v) is 2.58. The summed E-state index contributed by atoms with van der Waals surface area (Å²) in [5, 5.41) is 13.3. The van der Waals surface area contributed by atoms with E-state index in [9.17, 15) is 9.59 Å². The summed E-state index contributed by atoms with van der Waals surface area (Å²) in [6.07, 6.45) is 0. The molecule has 6 nitrogen and oxygen atoms in total. The van der Waals surface area contributed by atoms with Crippen LogP contribution >= 0.6 is 0 Å². The van der Waals surface area contributed by atoms with Gasteiger partial charge in [0.25, 0.3) is 0 Å². The van der Waals surface area contributed by atoms with Crippen LogP contribution in [-0.4, -0.2) is 36.5 Å². The molecular formula is C20H24N4O2. The Bertz CT molecular complexity index is 787. The summed E-state index contributed by atoms with van der Waals surface area (Å²) in [6, 6.07) is 16.3. The van der Waals surface area contributed by atoms with Gasteiger partial charge in [-0.15, -0.1) is 0 Å². The van der Waals surface area contributed by atoms with Crippen LogP contribution in [-0.2, 0) is 16.1 Å². The van der Waals surface area contributed by atoms with E-state index in [0.717, 1.165) is 12.1 Å². The normalized spacial score (nSPS) is 11.7. The Kier molecular flexibility index (Phi) is 6.63. The molecule has 0 aromatic heterocycles. The molecule has 0 radical (unpaired) electrons. The highest BCUT2D eigenvalue weighted by Crippen LogP contribution is 2.15. The van der Waals surface area contributed by atoms with E-state index in [4.69, 9.17) is 5.41 Å². The third kappa shape index (κ3) is 5.53. The number of carbonyl (C=O) groups is 2. The molecule has 0 spiro atoms. The van der Waals surface area contributed by atoms with Crippen LogP contribution in [0.2, 0.25) is 0 Å². The number of hydrogen-bond acceptors (Lipinski definition) is 4. The van der Waals surface area contributed by atoms with Crippen molar-refractivity contribution in [3.05, 3.63) is 60.2 Å². The molecule has 0 aliphatic heterocycles. The fraction of sp³-hybridized carbons (Fsp3) is 0.250. The summed E-state index contributed by atoms with van der Waals surface area (Å²) < 4.78 is 0. The van der Waals surface area contributed by atoms with Gasteiger partial charge in [0.05, 0.1) is 0 Å². The highest BCUT2D eigenvalue weighted by Gasteiger charge is 2.29. The first kappa shape index (κ1) is 19.3. The van der Waals surface area contributed by atoms with E-state index >= 15 is 0 Å². The molecule has 26 heavy (non-hydrogen) atoms. The van der Waals surface area contributed by atoms with Gasteiger partial charge in [-0.05, 0) is 50.8 Å². The van der Waals surface area contributed by atoms with Crippen LogP contribution in [0.4, 0.5) is 11.4 Å². The van der Waals surface area contributed by atoms with Crippen LogP contribution < -0.4 is 10.6 Å². The van der Waals surface area contributed by atoms with Crippen LogP contribution in [0.25, 0.3) is 0 Å². The van der Waals surface area contributed by atoms with Gasteiger partial charge in [0, 0.05) is 23.6 Å². The number of rotatable bonds is 7. The predicted octanol–water partition coefficient (Wildman–Crippen LogP) is 2.98. The molecule has 0 bridgehead atoms. The Morgan fingerprint density at radius 2 is 1.54 bits per heavy atom. The van der Waals surface area contributed by atoms with Gasteiger partial charge in [-0.1, -0.05) is 30.3 Å². The van der Waals surface area contributed by atoms with Gasteiger partial charge in [-0.3, -0.25) is 9.59 Å². The Labute approximate surface area is 153 Å². The zero-order valence-corrected chi connectivity index (χ0v) is 15.2. The van der Waals surface area contributed by atoms with Crippen molar-refractivity contribution in [1.29, 1.82) is 5.41 Å². The van der Waals surface area contributed by atoms with Crippen molar-refractivity contribution >= 4 is 28.9 Å². The SMILES string of the molecule is CC(=N)C(C(=O)Nc1ccccc1)C(=O)Nc1cccc(CN(C)C)c1. The quantitative estimate of drug-likeness (QED) is 0.529. The lowest BCUT2D eigenvalue weighted by Gasteiger charge is -2.17. The first-order valence-corrected chi connectivity index (χ1v) is 8.32. The van der Waals surface area contributed by atoms with Crippen LogP contribution in [0.15, 0.2) is 54.6 Å². The minimum absolute atomic E-state index is 0.0135. The average Bonchev–Trinajstić information content (AvgIpc) is 2.55. The van der Waals surface area contributed by atoms with Gasteiger partial charge >= 0.3 is 0 Å². The lowest BCUT2D eigenvalue weighted by molar-refractivity contribution is -0.126. The second kappa shape index (κ2) is 8.92. The molecule has 0 saturated heterocycles. The summed E-state index contributed by atoms with van der Waals surface area (Å²) in [6.45, 7) is 2.20. The lowest BCUT2D eigenvalue weighted by atomic mass is 10.0. The molecule has 2 aromatic rings. The monoisotopic (exact) mass is 352 g/mol. The number of nitrogens with zero attached hydrogens (tertiary/aromatic N) is 1. The van der Waals surface area contributed by atoms with E-state index in [1.165, 1.54) is 6.92 Å². The smallest absolute Gasteiger partial charge is 0.242 e. The van der Waals surface area contributed by atoms with Crippen molar-refractivity contribution < 1.29 is 9.59 Å². The largest absolute Gasteiger partial charge is 0.325 e. The Balaban J connectivity index is 2.11. The highest BCUT2D eigenvalue weighted by atomic mass is 16.2. The lowest BCUT2D eigenvalue weighted by Crippen LogP contribution is -2.38. The third-order valence-corrected chi connectivity index (χ3v) is 3.69. The molecule has 0 aliphatic rings. The number of para-hydroxylation sites is 1. The van der Waals surface area contributed by atoms with E-state index in [-0.39, 0.29) is 5.71 Å². The topological polar surface area (TPSA) is 85.3 Å². The van der Waals surface area contributed by atoms with Gasteiger partial charge in [-0.25, -0.2) is 0 Å². The number of hydrogen-bond donors (Lipinski definition) is 3. The maximum atomic E-state index is 12.6. The number of benzene rings is 2. The maximum absolute atomic E-state index is 12.6. The van der Waals surface area contributed by atoms with Crippen LogP contribution in [0.1, 0.15) is 12.5 Å².